The summed E-state index contributed by atoms with van der Waals surface area (Å²) >= 11 is 0.438. The fourth-order valence-electron chi connectivity index (χ4n) is 0. The van der Waals surface area contributed by atoms with Gasteiger partial charge in [-0.25, -0.2) is 0 Å². The monoisotopic (exact) mass is 136 g/mol. The SMILES string of the molecule is O.O=[CH][Na].OSO. The quantitative estimate of drug-likeness (QED) is 0.259. The van der Waals surface area contributed by atoms with Crippen molar-refractivity contribution >= 4 is 43.8 Å². The minimum atomic E-state index is -0.250. The summed E-state index contributed by atoms with van der Waals surface area (Å²) in [6.07, 6.45) is 0. The first-order valence-electron chi connectivity index (χ1n) is 1.18. The minimum absolute atomic E-state index is 0. The van der Waals surface area contributed by atoms with Gasteiger partial charge in [0.25, 0.3) is 0 Å². The molecule has 0 aromatic heterocycles. The van der Waals surface area contributed by atoms with Crippen molar-refractivity contribution in [2.75, 3.05) is 0 Å². The predicted octanol–water partition coefficient (Wildman–Crippen LogP) is -0.814. The Balaban J connectivity index is -0.0000000400. The van der Waals surface area contributed by atoms with Crippen molar-refractivity contribution in [2.45, 2.75) is 0 Å². The first kappa shape index (κ1) is 15.7. The second-order valence-corrected chi connectivity index (χ2v) is 0.952. The summed E-state index contributed by atoms with van der Waals surface area (Å²) in [5.74, 6) is 0. The maximum absolute atomic E-state index is 8.87. The molecule has 0 bridgehead atoms. The smallest absolute Gasteiger partial charge is 0.152 e. The fraction of sp³-hybridized carbons (Fsp3) is 0. The Labute approximate surface area is 63.1 Å². The van der Waals surface area contributed by atoms with Gasteiger partial charge in [0.15, 0.2) is 12.3 Å². The third kappa shape index (κ3) is 205. The maximum Gasteiger partial charge on any atom is 0.152 e. The molecular formula is CH5NaO4S. The summed E-state index contributed by atoms with van der Waals surface area (Å²) in [4.78, 5) is 8.87. The van der Waals surface area contributed by atoms with Crippen LogP contribution in [0.5, 0.6) is 0 Å². The van der Waals surface area contributed by atoms with Gasteiger partial charge in [-0.05, 0) is 0 Å². The molecule has 7 heavy (non-hydrogen) atoms. The molecule has 0 heterocycles. The largest absolute Gasteiger partial charge is 0.307 e. The van der Waals surface area contributed by atoms with E-state index in [0.717, 1.165) is 3.54 Å². The first-order chi connectivity index (χ1) is 2.83. The van der Waals surface area contributed by atoms with Crippen LogP contribution in [0.1, 0.15) is 0 Å². The van der Waals surface area contributed by atoms with Crippen molar-refractivity contribution in [1.29, 1.82) is 0 Å². The summed E-state index contributed by atoms with van der Waals surface area (Å²) in [5.41, 5.74) is 0. The number of carbonyl (C=O) groups excluding carboxylic acids is 1. The molecule has 0 aromatic rings. The summed E-state index contributed by atoms with van der Waals surface area (Å²) < 4.78 is 15.0. The minimum Gasteiger partial charge on any atom is -0.307 e. The standard InChI is InChI=1S/CHO.Na.H2O2S.H2O/c1-2;;1-3-2;/h1H;;1-2H;1H2. The maximum atomic E-state index is 8.87. The van der Waals surface area contributed by atoms with Crippen LogP contribution in [0.2, 0.25) is 0 Å². The van der Waals surface area contributed by atoms with Crippen LogP contribution in [0, 0.1) is 0 Å². The molecule has 6 heteroatoms. The molecule has 4 N–H and O–H groups in total. The van der Waals surface area contributed by atoms with Crippen LogP contribution in [0.4, 0.5) is 0 Å². The van der Waals surface area contributed by atoms with Crippen molar-refractivity contribution in [1.82, 2.24) is 0 Å². The van der Waals surface area contributed by atoms with E-state index in [1.807, 2.05) is 0 Å². The van der Waals surface area contributed by atoms with E-state index in [4.69, 9.17) is 13.9 Å². The van der Waals surface area contributed by atoms with Crippen LogP contribution in [0.3, 0.4) is 0 Å². The zero-order chi connectivity index (χ0) is 5.41. The second kappa shape index (κ2) is 28.6. The van der Waals surface area contributed by atoms with E-state index in [0.29, 0.717) is 27.9 Å². The van der Waals surface area contributed by atoms with Gasteiger partial charge in [0.1, 0.15) is 0 Å². The molecule has 0 saturated heterocycles. The second-order valence-electron chi connectivity index (χ2n) is 0.317. The van der Waals surface area contributed by atoms with Crippen molar-refractivity contribution in [3.63, 3.8) is 0 Å². The van der Waals surface area contributed by atoms with E-state index < -0.39 is 0 Å². The number of carbonyl (C=O) groups is 1. The van der Waals surface area contributed by atoms with Crippen molar-refractivity contribution in [3.8, 4) is 0 Å². The molecule has 0 aliphatic carbocycles. The Morgan fingerprint density at radius 3 is 1.57 bits per heavy atom. The van der Waals surface area contributed by atoms with Crippen molar-refractivity contribution in [3.05, 3.63) is 0 Å². The molecule has 0 atom stereocenters. The van der Waals surface area contributed by atoms with E-state index in [9.17, 15) is 0 Å². The van der Waals surface area contributed by atoms with E-state index in [1.165, 1.54) is 0 Å². The van der Waals surface area contributed by atoms with Crippen LogP contribution >= 0.6 is 12.3 Å². The Morgan fingerprint density at radius 2 is 1.57 bits per heavy atom. The molecule has 0 saturated carbocycles. The summed E-state index contributed by atoms with van der Waals surface area (Å²) in [7, 11) is 0. The molecule has 0 radical (unpaired) electrons. The summed E-state index contributed by atoms with van der Waals surface area (Å²) in [5, 5.41) is 0. The topological polar surface area (TPSA) is 89.0 Å². The van der Waals surface area contributed by atoms with Gasteiger partial charge in [0.05, 0.1) is 0 Å². The van der Waals surface area contributed by atoms with Crippen LogP contribution in [0.25, 0.3) is 0 Å². The molecule has 4 nitrogen and oxygen atoms in total. The van der Waals surface area contributed by atoms with E-state index in [1.54, 1.807) is 0 Å². The summed E-state index contributed by atoms with van der Waals surface area (Å²) in [6, 6.07) is 0. The third-order valence-electron chi connectivity index (χ3n) is 0. The van der Waals surface area contributed by atoms with E-state index in [2.05, 4.69) is 0 Å². The average molecular weight is 136 g/mol. The van der Waals surface area contributed by atoms with Gasteiger partial charge >= 0.3 is 36.3 Å². The normalized spacial score (nSPS) is 4.57. The van der Waals surface area contributed by atoms with Crippen molar-refractivity contribution < 1.29 is 19.4 Å². The van der Waals surface area contributed by atoms with Gasteiger partial charge in [-0.2, -0.15) is 0 Å². The number of hydrogen-bond acceptors (Lipinski definition) is 4. The van der Waals surface area contributed by atoms with Gasteiger partial charge in [0, 0.05) is 0 Å². The van der Waals surface area contributed by atoms with Crippen LogP contribution < -0.4 is 0 Å². The fourth-order valence-corrected chi connectivity index (χ4v) is 0. The molecule has 0 rings (SSSR count). The molecule has 0 aromatic carbocycles. The van der Waals surface area contributed by atoms with Crippen LogP contribution in [0.15, 0.2) is 0 Å². The number of hydrogen-bond donors (Lipinski definition) is 2. The Kier molecular flexibility index (Phi) is 63.9. The number of rotatable bonds is 0. The molecule has 0 aliphatic heterocycles. The predicted molar refractivity (Wildman–Crippen MR) is 29.0 cm³/mol. The Bertz CT molecular complexity index is 25.7. The molecule has 0 unspecified atom stereocenters. The Morgan fingerprint density at radius 1 is 1.57 bits per heavy atom. The van der Waals surface area contributed by atoms with Crippen LogP contribution in [-0.4, -0.2) is 46.0 Å². The van der Waals surface area contributed by atoms with E-state index in [-0.39, 0.29) is 17.8 Å². The molecule has 0 spiro atoms. The molecule has 0 fully saturated rings. The summed E-state index contributed by atoms with van der Waals surface area (Å²) in [6.45, 7) is 0. The van der Waals surface area contributed by atoms with Gasteiger partial charge in [-0.1, -0.05) is 0 Å². The van der Waals surface area contributed by atoms with Gasteiger partial charge < -0.3 is 14.6 Å². The molecule has 40 valence electrons. The zero-order valence-electron chi connectivity index (χ0n) is 3.79. The Hall–Kier alpha value is 0.900. The third-order valence-corrected chi connectivity index (χ3v) is 0. The average Bonchev–Trinajstić information content (AvgIpc) is 1.39. The van der Waals surface area contributed by atoms with Crippen molar-refractivity contribution in [2.24, 2.45) is 0 Å². The van der Waals surface area contributed by atoms with Gasteiger partial charge in [-0.15, -0.1) is 0 Å². The first-order valence-corrected chi connectivity index (χ1v) is 3.06. The van der Waals surface area contributed by atoms with Gasteiger partial charge in [0.2, 0.25) is 0 Å². The molecule has 0 aliphatic rings. The molecule has 0 amide bonds. The zero-order valence-corrected chi connectivity index (χ0v) is 6.60. The molecular weight excluding hydrogens is 131 g/mol. The van der Waals surface area contributed by atoms with Gasteiger partial charge in [-0.3, -0.25) is 0 Å². The van der Waals surface area contributed by atoms with Crippen LogP contribution in [-0.2, 0) is 4.79 Å². The van der Waals surface area contributed by atoms with E-state index >= 15 is 0 Å².